The summed E-state index contributed by atoms with van der Waals surface area (Å²) in [5.74, 6) is -0.143. The molecule has 1 aliphatic rings. The number of nitrogens with one attached hydrogen (secondary N) is 1. The van der Waals surface area contributed by atoms with E-state index in [1.165, 1.54) is 16.9 Å². The number of carbonyl (C=O) groups excluding carboxylic acids is 1. The van der Waals surface area contributed by atoms with Crippen molar-refractivity contribution in [3.8, 4) is 11.3 Å². The highest BCUT2D eigenvalue weighted by molar-refractivity contribution is 7.14. The molecule has 3 N–H and O–H groups in total. The Balaban J connectivity index is 1.37. The fourth-order valence-corrected chi connectivity index (χ4v) is 4.21. The van der Waals surface area contributed by atoms with E-state index in [-0.39, 0.29) is 5.91 Å². The van der Waals surface area contributed by atoms with Crippen LogP contribution in [0.25, 0.3) is 11.3 Å². The SMILES string of the molecule is Cc1cc(-c2csc(NC(=O)c3ccc(CN4CCN(C)CC4)cc3)n2)ccc1N. The molecule has 7 heteroatoms. The van der Waals surface area contributed by atoms with Gasteiger partial charge in [-0.05, 0) is 49.4 Å². The van der Waals surface area contributed by atoms with Crippen LogP contribution >= 0.6 is 11.3 Å². The van der Waals surface area contributed by atoms with Crippen molar-refractivity contribution in [3.05, 3.63) is 64.5 Å². The van der Waals surface area contributed by atoms with Gasteiger partial charge in [0.15, 0.2) is 5.13 Å². The van der Waals surface area contributed by atoms with Crippen LogP contribution in [0.4, 0.5) is 10.8 Å². The number of rotatable bonds is 5. The Morgan fingerprint density at radius 2 is 1.87 bits per heavy atom. The summed E-state index contributed by atoms with van der Waals surface area (Å²) >= 11 is 1.42. The van der Waals surface area contributed by atoms with Gasteiger partial charge in [-0.15, -0.1) is 11.3 Å². The van der Waals surface area contributed by atoms with Crippen molar-refractivity contribution in [1.29, 1.82) is 0 Å². The molecule has 0 spiro atoms. The first-order valence-electron chi connectivity index (χ1n) is 10.1. The molecule has 0 saturated carbocycles. The number of piperazine rings is 1. The molecular weight excluding hydrogens is 394 g/mol. The van der Waals surface area contributed by atoms with Crippen LogP contribution in [-0.4, -0.2) is 53.9 Å². The maximum absolute atomic E-state index is 12.6. The van der Waals surface area contributed by atoms with Crippen molar-refractivity contribution in [2.45, 2.75) is 13.5 Å². The van der Waals surface area contributed by atoms with Gasteiger partial charge >= 0.3 is 0 Å². The fraction of sp³-hybridized carbons (Fsp3) is 0.304. The van der Waals surface area contributed by atoms with Crippen LogP contribution in [0.15, 0.2) is 47.8 Å². The summed E-state index contributed by atoms with van der Waals surface area (Å²) in [4.78, 5) is 22.0. The highest BCUT2D eigenvalue weighted by Gasteiger charge is 2.15. The molecule has 156 valence electrons. The zero-order valence-electron chi connectivity index (χ0n) is 17.4. The third kappa shape index (κ3) is 4.87. The van der Waals surface area contributed by atoms with Crippen LogP contribution in [0.5, 0.6) is 0 Å². The number of nitrogens with zero attached hydrogens (tertiary/aromatic N) is 3. The minimum atomic E-state index is -0.143. The molecule has 1 fully saturated rings. The Bertz CT molecular complexity index is 1020. The van der Waals surface area contributed by atoms with E-state index < -0.39 is 0 Å². The Morgan fingerprint density at radius 1 is 1.13 bits per heavy atom. The highest BCUT2D eigenvalue weighted by atomic mass is 32.1. The Morgan fingerprint density at radius 3 is 2.57 bits per heavy atom. The molecule has 0 unspecified atom stereocenters. The number of anilines is 2. The van der Waals surface area contributed by atoms with Crippen molar-refractivity contribution < 1.29 is 4.79 Å². The van der Waals surface area contributed by atoms with Gasteiger partial charge in [0.1, 0.15) is 0 Å². The number of thiazole rings is 1. The van der Waals surface area contributed by atoms with Crippen molar-refractivity contribution in [2.24, 2.45) is 0 Å². The lowest BCUT2D eigenvalue weighted by Gasteiger charge is -2.32. The average Bonchev–Trinajstić information content (AvgIpc) is 3.21. The van der Waals surface area contributed by atoms with Gasteiger partial charge in [0.2, 0.25) is 0 Å². The van der Waals surface area contributed by atoms with Gasteiger partial charge in [0.05, 0.1) is 5.69 Å². The van der Waals surface area contributed by atoms with Crippen molar-refractivity contribution in [2.75, 3.05) is 44.3 Å². The summed E-state index contributed by atoms with van der Waals surface area (Å²) in [5, 5.41) is 5.44. The number of benzene rings is 2. The maximum atomic E-state index is 12.6. The summed E-state index contributed by atoms with van der Waals surface area (Å²) in [6.45, 7) is 7.27. The lowest BCUT2D eigenvalue weighted by molar-refractivity contribution is 0.102. The molecule has 4 rings (SSSR count). The second-order valence-corrected chi connectivity index (χ2v) is 8.70. The molecule has 0 aliphatic carbocycles. The van der Waals surface area contributed by atoms with Gasteiger partial charge in [-0.3, -0.25) is 15.0 Å². The van der Waals surface area contributed by atoms with Crippen molar-refractivity contribution >= 4 is 28.1 Å². The predicted octanol–water partition coefficient (Wildman–Crippen LogP) is 3.70. The summed E-state index contributed by atoms with van der Waals surface area (Å²) in [5.41, 5.74) is 11.4. The van der Waals surface area contributed by atoms with Crippen LogP contribution in [0.3, 0.4) is 0 Å². The first-order valence-corrected chi connectivity index (χ1v) is 11.0. The van der Waals surface area contributed by atoms with Crippen LogP contribution in [0, 0.1) is 6.92 Å². The lowest BCUT2D eigenvalue weighted by atomic mass is 10.1. The highest BCUT2D eigenvalue weighted by Crippen LogP contribution is 2.27. The van der Waals surface area contributed by atoms with E-state index in [9.17, 15) is 4.79 Å². The monoisotopic (exact) mass is 421 g/mol. The Kier molecular flexibility index (Phi) is 6.13. The fourth-order valence-electron chi connectivity index (χ4n) is 3.49. The molecule has 6 nitrogen and oxygen atoms in total. The predicted molar refractivity (Wildman–Crippen MR) is 124 cm³/mol. The van der Waals surface area contributed by atoms with E-state index in [1.54, 1.807) is 0 Å². The van der Waals surface area contributed by atoms with E-state index in [1.807, 2.05) is 54.8 Å². The number of likely N-dealkylation sites (N-methyl/N-ethyl adjacent to an activating group) is 1. The molecule has 1 saturated heterocycles. The smallest absolute Gasteiger partial charge is 0.257 e. The second-order valence-electron chi connectivity index (χ2n) is 7.84. The minimum Gasteiger partial charge on any atom is -0.399 e. The minimum absolute atomic E-state index is 0.143. The van der Waals surface area contributed by atoms with Crippen LogP contribution in [-0.2, 0) is 6.54 Å². The first-order chi connectivity index (χ1) is 14.5. The summed E-state index contributed by atoms with van der Waals surface area (Å²) in [6, 6.07) is 13.7. The third-order valence-electron chi connectivity index (χ3n) is 5.51. The van der Waals surface area contributed by atoms with E-state index in [2.05, 4.69) is 27.1 Å². The van der Waals surface area contributed by atoms with Gasteiger partial charge in [-0.2, -0.15) is 0 Å². The van der Waals surface area contributed by atoms with Crippen molar-refractivity contribution in [1.82, 2.24) is 14.8 Å². The molecule has 0 atom stereocenters. The maximum Gasteiger partial charge on any atom is 0.257 e. The van der Waals surface area contributed by atoms with E-state index >= 15 is 0 Å². The van der Waals surface area contributed by atoms with E-state index in [0.29, 0.717) is 10.7 Å². The lowest BCUT2D eigenvalue weighted by Crippen LogP contribution is -2.43. The van der Waals surface area contributed by atoms with Gasteiger partial charge < -0.3 is 10.6 Å². The second kappa shape index (κ2) is 8.95. The van der Waals surface area contributed by atoms with Gasteiger partial charge in [0, 0.05) is 54.9 Å². The molecular formula is C23H27N5OS. The molecule has 1 amide bonds. The molecule has 1 aromatic heterocycles. The zero-order chi connectivity index (χ0) is 21.1. The number of hydrogen-bond donors (Lipinski definition) is 2. The summed E-state index contributed by atoms with van der Waals surface area (Å²) < 4.78 is 0. The van der Waals surface area contributed by atoms with Crippen LogP contribution in [0.1, 0.15) is 21.5 Å². The number of nitrogens with two attached hydrogens (primary N) is 1. The number of carbonyl (C=O) groups is 1. The zero-order valence-corrected chi connectivity index (χ0v) is 18.2. The molecule has 2 heterocycles. The average molecular weight is 422 g/mol. The Hall–Kier alpha value is -2.74. The van der Waals surface area contributed by atoms with Gasteiger partial charge in [-0.25, -0.2) is 4.98 Å². The first kappa shape index (κ1) is 20.5. The summed E-state index contributed by atoms with van der Waals surface area (Å²) in [6.07, 6.45) is 0. The topological polar surface area (TPSA) is 74.5 Å². The number of aromatic nitrogens is 1. The number of nitrogen functional groups attached to an aromatic ring is 1. The Labute approximate surface area is 181 Å². The van der Waals surface area contributed by atoms with Gasteiger partial charge in [-0.1, -0.05) is 18.2 Å². The quantitative estimate of drug-likeness (QED) is 0.615. The van der Waals surface area contributed by atoms with Crippen molar-refractivity contribution in [3.63, 3.8) is 0 Å². The van der Waals surface area contributed by atoms with E-state index in [0.717, 1.165) is 55.2 Å². The van der Waals surface area contributed by atoms with Crippen LogP contribution in [0.2, 0.25) is 0 Å². The standard InChI is InChI=1S/C23H27N5OS/c1-16-13-19(7-8-20(16)24)21-15-30-23(25-21)26-22(29)18-5-3-17(4-6-18)14-28-11-9-27(2)10-12-28/h3-8,13,15H,9-12,14,24H2,1-2H3,(H,25,26,29). The molecule has 30 heavy (non-hydrogen) atoms. The molecule has 3 aromatic rings. The number of aryl methyl sites for hydroxylation is 1. The largest absolute Gasteiger partial charge is 0.399 e. The summed E-state index contributed by atoms with van der Waals surface area (Å²) in [7, 11) is 2.16. The van der Waals surface area contributed by atoms with E-state index in [4.69, 9.17) is 5.73 Å². The third-order valence-corrected chi connectivity index (χ3v) is 6.27. The van der Waals surface area contributed by atoms with Gasteiger partial charge in [0.25, 0.3) is 5.91 Å². The molecule has 0 radical (unpaired) electrons. The normalized spacial score (nSPS) is 15.3. The molecule has 2 aromatic carbocycles. The number of amides is 1. The molecule has 0 bridgehead atoms. The van der Waals surface area contributed by atoms with Crippen LogP contribution < -0.4 is 11.1 Å². The number of hydrogen-bond acceptors (Lipinski definition) is 6. The molecule has 1 aliphatic heterocycles.